The monoisotopic (exact) mass is 256 g/mol. The first-order valence-corrected chi connectivity index (χ1v) is 5.49. The average Bonchev–Trinajstić information content (AvgIpc) is 2.97. The summed E-state index contributed by atoms with van der Waals surface area (Å²) in [5, 5.41) is 15.1. The number of nitrogens with zero attached hydrogens (tertiary/aromatic N) is 6. The predicted molar refractivity (Wildman–Crippen MR) is 53.7 cm³/mol. The highest BCUT2D eigenvalue weighted by atomic mass is 32.2. The molecule has 17 heavy (non-hydrogen) atoms. The van der Waals surface area contributed by atoms with Gasteiger partial charge in [-0.15, -0.1) is 5.10 Å². The van der Waals surface area contributed by atoms with Gasteiger partial charge in [0.25, 0.3) is 0 Å². The molecule has 0 aliphatic heterocycles. The highest BCUT2D eigenvalue weighted by molar-refractivity contribution is 7.98. The molecule has 0 aromatic carbocycles. The van der Waals surface area contributed by atoms with Gasteiger partial charge in [0.15, 0.2) is 5.82 Å². The summed E-state index contributed by atoms with van der Waals surface area (Å²) in [6, 6.07) is 0. The number of rotatable bonds is 5. The highest BCUT2D eigenvalue weighted by Crippen LogP contribution is 2.17. The molecule has 9 nitrogen and oxygen atoms in total. The third-order valence-corrected chi connectivity index (χ3v) is 2.70. The number of carbonyl (C=O) groups excluding carboxylic acids is 1. The number of hydrogen-bond donors (Lipinski definition) is 0. The minimum atomic E-state index is -0.418. The van der Waals surface area contributed by atoms with E-state index in [1.807, 2.05) is 0 Å². The second kappa shape index (κ2) is 5.39. The van der Waals surface area contributed by atoms with Crippen LogP contribution >= 0.6 is 11.8 Å². The van der Waals surface area contributed by atoms with Crippen LogP contribution in [-0.2, 0) is 21.8 Å². The zero-order valence-electron chi connectivity index (χ0n) is 8.81. The maximum Gasteiger partial charge on any atom is 0.327 e. The van der Waals surface area contributed by atoms with Gasteiger partial charge in [0.1, 0.15) is 6.54 Å². The van der Waals surface area contributed by atoms with Crippen LogP contribution in [0.25, 0.3) is 0 Å². The second-order valence-corrected chi connectivity index (χ2v) is 3.77. The number of esters is 1. The predicted octanol–water partition coefficient (Wildman–Crippen LogP) is -0.479. The van der Waals surface area contributed by atoms with Crippen molar-refractivity contribution in [1.82, 2.24) is 30.3 Å². The number of hydrogen-bond acceptors (Lipinski definition) is 9. The summed E-state index contributed by atoms with van der Waals surface area (Å²) >= 11 is 1.30. The summed E-state index contributed by atoms with van der Waals surface area (Å²) < 4.78 is 10.5. The number of thioether (sulfide) groups is 1. The lowest BCUT2D eigenvalue weighted by molar-refractivity contribution is -0.141. The van der Waals surface area contributed by atoms with Crippen molar-refractivity contribution in [2.45, 2.75) is 17.5 Å². The highest BCUT2D eigenvalue weighted by Gasteiger charge is 2.12. The lowest BCUT2D eigenvalue weighted by atomic mass is 10.7. The van der Waals surface area contributed by atoms with E-state index in [1.165, 1.54) is 29.9 Å². The fourth-order valence-electron chi connectivity index (χ4n) is 0.971. The number of tetrazole rings is 1. The van der Waals surface area contributed by atoms with E-state index >= 15 is 0 Å². The van der Waals surface area contributed by atoms with Crippen LogP contribution in [0.4, 0.5) is 0 Å². The van der Waals surface area contributed by atoms with Crippen LogP contribution in [0, 0.1) is 0 Å². The normalized spacial score (nSPS) is 10.4. The molecule has 90 valence electrons. The van der Waals surface area contributed by atoms with Crippen molar-refractivity contribution in [3.8, 4) is 0 Å². The molecule has 0 fully saturated rings. The Labute approximate surface area is 99.5 Å². The molecule has 0 saturated carbocycles. The quantitative estimate of drug-likeness (QED) is 0.517. The van der Waals surface area contributed by atoms with Crippen LogP contribution in [0.2, 0.25) is 0 Å². The molecule has 0 bridgehead atoms. The van der Waals surface area contributed by atoms with Gasteiger partial charge in [-0.05, 0) is 10.4 Å². The molecule has 0 aliphatic carbocycles. The summed E-state index contributed by atoms with van der Waals surface area (Å²) in [7, 11) is 1.30. The second-order valence-electron chi connectivity index (χ2n) is 2.83. The Morgan fingerprint density at radius 1 is 1.65 bits per heavy atom. The molecular formula is C7H8N6O3S. The van der Waals surface area contributed by atoms with E-state index in [0.717, 1.165) is 0 Å². The van der Waals surface area contributed by atoms with Crippen molar-refractivity contribution < 1.29 is 14.1 Å². The zero-order valence-corrected chi connectivity index (χ0v) is 9.62. The first-order valence-electron chi connectivity index (χ1n) is 4.50. The largest absolute Gasteiger partial charge is 0.468 e. The van der Waals surface area contributed by atoms with Gasteiger partial charge < -0.3 is 9.26 Å². The molecule has 0 amide bonds. The molecule has 2 aromatic rings. The van der Waals surface area contributed by atoms with Crippen molar-refractivity contribution >= 4 is 17.7 Å². The van der Waals surface area contributed by atoms with Gasteiger partial charge in [-0.25, -0.2) is 4.68 Å². The molecular weight excluding hydrogens is 248 g/mol. The zero-order chi connectivity index (χ0) is 12.1. The first kappa shape index (κ1) is 11.5. The SMILES string of the molecule is COC(=O)Cn1nnnc1SCc1ncon1. The number of aromatic nitrogens is 6. The summed E-state index contributed by atoms with van der Waals surface area (Å²) in [5.74, 6) is 0.569. The van der Waals surface area contributed by atoms with Crippen molar-refractivity contribution in [3.63, 3.8) is 0 Å². The molecule has 0 unspecified atom stereocenters. The Morgan fingerprint density at radius 2 is 2.53 bits per heavy atom. The molecule has 0 spiro atoms. The molecule has 2 rings (SSSR count). The van der Waals surface area contributed by atoms with Gasteiger partial charge in [-0.2, -0.15) is 4.98 Å². The van der Waals surface area contributed by atoms with Gasteiger partial charge in [0.05, 0.1) is 12.9 Å². The van der Waals surface area contributed by atoms with E-state index in [2.05, 4.69) is 34.9 Å². The summed E-state index contributed by atoms with van der Waals surface area (Å²) in [5.41, 5.74) is 0. The molecule has 0 N–H and O–H groups in total. The number of ether oxygens (including phenoxy) is 1. The summed E-state index contributed by atoms with van der Waals surface area (Å²) in [6.45, 7) is -0.0297. The standard InChI is InChI=1S/C7H8N6O3S/c1-15-6(14)2-13-7(9-11-12-13)17-3-5-8-4-16-10-5/h4H,2-3H2,1H3. The summed E-state index contributed by atoms with van der Waals surface area (Å²) in [4.78, 5) is 14.9. The lowest BCUT2D eigenvalue weighted by Crippen LogP contribution is -2.13. The Bertz CT molecular complexity index is 484. The molecule has 0 atom stereocenters. The Kier molecular flexibility index (Phi) is 3.65. The van der Waals surface area contributed by atoms with Crippen molar-refractivity contribution in [1.29, 1.82) is 0 Å². The lowest BCUT2D eigenvalue weighted by Gasteiger charge is -2.01. The van der Waals surface area contributed by atoms with Gasteiger partial charge in [-0.1, -0.05) is 16.9 Å². The van der Waals surface area contributed by atoms with E-state index in [0.29, 0.717) is 16.7 Å². The Balaban J connectivity index is 1.96. The van der Waals surface area contributed by atoms with Crippen molar-refractivity contribution in [2.75, 3.05) is 7.11 Å². The fourth-order valence-corrected chi connectivity index (χ4v) is 1.70. The average molecular weight is 256 g/mol. The molecule has 10 heteroatoms. The van der Waals surface area contributed by atoms with Gasteiger partial charge in [0.2, 0.25) is 11.6 Å². The number of carbonyl (C=O) groups is 1. The van der Waals surface area contributed by atoms with Crippen LogP contribution in [0.15, 0.2) is 16.1 Å². The molecule has 0 aliphatic rings. The molecule has 2 heterocycles. The third-order valence-electron chi connectivity index (χ3n) is 1.74. The number of methoxy groups -OCH3 is 1. The molecule has 0 radical (unpaired) electrons. The van der Waals surface area contributed by atoms with Gasteiger partial charge in [0, 0.05) is 0 Å². The van der Waals surface area contributed by atoms with Crippen LogP contribution in [0.5, 0.6) is 0 Å². The maximum absolute atomic E-state index is 11.1. The Morgan fingerprint density at radius 3 is 3.24 bits per heavy atom. The maximum atomic E-state index is 11.1. The van der Waals surface area contributed by atoms with Gasteiger partial charge >= 0.3 is 5.97 Å². The fraction of sp³-hybridized carbons (Fsp3) is 0.429. The minimum Gasteiger partial charge on any atom is -0.468 e. The first-order chi connectivity index (χ1) is 8.29. The topological polar surface area (TPSA) is 109 Å². The van der Waals surface area contributed by atoms with E-state index < -0.39 is 5.97 Å². The Hall–Kier alpha value is -1.97. The van der Waals surface area contributed by atoms with E-state index in [1.54, 1.807) is 0 Å². The molecule has 2 aromatic heterocycles. The van der Waals surface area contributed by atoms with Crippen molar-refractivity contribution in [3.05, 3.63) is 12.2 Å². The third kappa shape index (κ3) is 3.00. The van der Waals surface area contributed by atoms with Crippen LogP contribution in [0.3, 0.4) is 0 Å². The van der Waals surface area contributed by atoms with Crippen LogP contribution in [-0.4, -0.2) is 43.4 Å². The smallest absolute Gasteiger partial charge is 0.327 e. The van der Waals surface area contributed by atoms with E-state index in [9.17, 15) is 4.79 Å². The van der Waals surface area contributed by atoms with E-state index in [-0.39, 0.29) is 6.54 Å². The summed E-state index contributed by atoms with van der Waals surface area (Å²) in [6.07, 6.45) is 1.24. The van der Waals surface area contributed by atoms with Gasteiger partial charge in [-0.3, -0.25) is 4.79 Å². The molecule has 0 saturated heterocycles. The van der Waals surface area contributed by atoms with Crippen LogP contribution in [0.1, 0.15) is 5.82 Å². The van der Waals surface area contributed by atoms with Crippen molar-refractivity contribution in [2.24, 2.45) is 0 Å². The van der Waals surface area contributed by atoms with Crippen LogP contribution < -0.4 is 0 Å². The van der Waals surface area contributed by atoms with E-state index in [4.69, 9.17) is 0 Å². The minimum absolute atomic E-state index is 0.0297.